The lowest BCUT2D eigenvalue weighted by molar-refractivity contribution is 0.609. The molecule has 0 aliphatic carbocycles. The number of nitrogens with one attached hydrogen (secondary N) is 2. The zero-order valence-corrected chi connectivity index (χ0v) is 9.70. The molecular weight excluding hydrogens is 198 g/mol. The van der Waals surface area contributed by atoms with E-state index >= 15 is 0 Å². The molecule has 0 aliphatic rings. The molecule has 16 heavy (non-hydrogen) atoms. The Morgan fingerprint density at radius 3 is 2.75 bits per heavy atom. The van der Waals surface area contributed by atoms with Crippen LogP contribution in [0.3, 0.4) is 0 Å². The average Bonchev–Trinajstić information content (AvgIpc) is 2.78. The maximum Gasteiger partial charge on any atom is 0.0682 e. The zero-order chi connectivity index (χ0) is 11.4. The van der Waals surface area contributed by atoms with Crippen molar-refractivity contribution in [3.05, 3.63) is 42.1 Å². The Hall–Kier alpha value is -1.61. The van der Waals surface area contributed by atoms with E-state index in [1.807, 2.05) is 31.4 Å². The van der Waals surface area contributed by atoms with E-state index in [9.17, 15) is 0 Å². The molecule has 0 saturated heterocycles. The number of rotatable bonds is 4. The molecule has 3 nitrogen and oxygen atoms in total. The minimum absolute atomic E-state index is 0.458. The van der Waals surface area contributed by atoms with Crippen LogP contribution in [0.25, 0.3) is 11.3 Å². The molecule has 1 heterocycles. The summed E-state index contributed by atoms with van der Waals surface area (Å²) in [6, 6.07) is 10.8. The number of nitrogens with zero attached hydrogens (tertiary/aromatic N) is 1. The Morgan fingerprint density at radius 2 is 2.06 bits per heavy atom. The van der Waals surface area contributed by atoms with E-state index in [0.717, 1.165) is 12.1 Å². The van der Waals surface area contributed by atoms with Gasteiger partial charge in [0.15, 0.2) is 0 Å². The van der Waals surface area contributed by atoms with E-state index < -0.39 is 0 Å². The summed E-state index contributed by atoms with van der Waals surface area (Å²) in [4.78, 5) is 0. The van der Waals surface area contributed by atoms with Gasteiger partial charge in [0.2, 0.25) is 0 Å². The van der Waals surface area contributed by atoms with E-state index in [0.29, 0.717) is 6.04 Å². The predicted molar refractivity (Wildman–Crippen MR) is 66.2 cm³/mol. The largest absolute Gasteiger partial charge is 0.317 e. The molecule has 0 amide bonds. The highest BCUT2D eigenvalue weighted by molar-refractivity contribution is 5.62. The van der Waals surface area contributed by atoms with Crippen LogP contribution in [-0.2, 0) is 6.42 Å². The lowest BCUT2D eigenvalue weighted by atomic mass is 10.0. The third-order valence-electron chi connectivity index (χ3n) is 2.80. The molecule has 1 aromatic heterocycles. The maximum atomic E-state index is 4.13. The molecule has 0 fully saturated rings. The molecule has 0 spiro atoms. The molecule has 0 saturated carbocycles. The molecule has 2 rings (SSSR count). The molecule has 2 N–H and O–H groups in total. The summed E-state index contributed by atoms with van der Waals surface area (Å²) in [7, 11) is 1.98. The molecule has 0 radical (unpaired) electrons. The quantitative estimate of drug-likeness (QED) is 0.821. The molecule has 1 atom stereocenters. The number of likely N-dealkylation sites (N-methyl/N-ethyl adjacent to an activating group) is 1. The Labute approximate surface area is 95.9 Å². The van der Waals surface area contributed by atoms with Crippen LogP contribution in [0.15, 0.2) is 36.5 Å². The normalized spacial score (nSPS) is 12.6. The van der Waals surface area contributed by atoms with Crippen molar-refractivity contribution in [2.24, 2.45) is 0 Å². The van der Waals surface area contributed by atoms with Crippen LogP contribution in [0.4, 0.5) is 0 Å². The second kappa shape index (κ2) is 4.94. The Bertz CT molecular complexity index is 433. The molecule has 2 aromatic rings. The smallest absolute Gasteiger partial charge is 0.0682 e. The van der Waals surface area contributed by atoms with Crippen molar-refractivity contribution in [2.45, 2.75) is 19.4 Å². The van der Waals surface area contributed by atoms with Gasteiger partial charge in [0.1, 0.15) is 0 Å². The fraction of sp³-hybridized carbons (Fsp3) is 0.308. The third-order valence-corrected chi connectivity index (χ3v) is 2.80. The van der Waals surface area contributed by atoms with Crippen molar-refractivity contribution in [1.82, 2.24) is 15.5 Å². The zero-order valence-electron chi connectivity index (χ0n) is 9.70. The molecular formula is C13H17N3. The van der Waals surface area contributed by atoms with Gasteiger partial charge in [0, 0.05) is 6.04 Å². The molecule has 1 aromatic carbocycles. The van der Waals surface area contributed by atoms with E-state index in [2.05, 4.69) is 34.6 Å². The van der Waals surface area contributed by atoms with Crippen LogP contribution < -0.4 is 5.32 Å². The van der Waals surface area contributed by atoms with Gasteiger partial charge in [0.05, 0.1) is 11.9 Å². The van der Waals surface area contributed by atoms with Gasteiger partial charge in [0.25, 0.3) is 0 Å². The highest BCUT2D eigenvalue weighted by atomic mass is 15.1. The fourth-order valence-electron chi connectivity index (χ4n) is 1.75. The standard InChI is InChI=1S/C13H17N3/c1-10(14-2)8-12-9-15-16-13(12)11-6-4-3-5-7-11/h3-7,9-10,14H,8H2,1-2H3,(H,15,16). The number of hydrogen-bond acceptors (Lipinski definition) is 2. The van der Waals surface area contributed by atoms with E-state index in [1.165, 1.54) is 11.1 Å². The van der Waals surface area contributed by atoms with Gasteiger partial charge >= 0.3 is 0 Å². The van der Waals surface area contributed by atoms with Crippen LogP contribution in [0.5, 0.6) is 0 Å². The minimum atomic E-state index is 0.458. The summed E-state index contributed by atoms with van der Waals surface area (Å²) in [5.41, 5.74) is 3.58. The first-order chi connectivity index (χ1) is 7.81. The lowest BCUT2D eigenvalue weighted by Gasteiger charge is -2.09. The van der Waals surface area contributed by atoms with Crippen molar-refractivity contribution in [1.29, 1.82) is 0 Å². The first kappa shape index (κ1) is 10.9. The van der Waals surface area contributed by atoms with Gasteiger partial charge in [-0.25, -0.2) is 0 Å². The molecule has 84 valence electrons. The highest BCUT2D eigenvalue weighted by Gasteiger charge is 2.09. The van der Waals surface area contributed by atoms with Crippen molar-refractivity contribution in [3.8, 4) is 11.3 Å². The summed E-state index contributed by atoms with van der Waals surface area (Å²) in [6.07, 6.45) is 2.90. The molecule has 3 heteroatoms. The van der Waals surface area contributed by atoms with Gasteiger partial charge in [-0.1, -0.05) is 30.3 Å². The van der Waals surface area contributed by atoms with Crippen LogP contribution in [0.1, 0.15) is 12.5 Å². The number of aromatic nitrogens is 2. The number of H-pyrrole nitrogens is 1. The third kappa shape index (κ3) is 2.31. The van der Waals surface area contributed by atoms with Gasteiger partial charge < -0.3 is 5.32 Å². The lowest BCUT2D eigenvalue weighted by Crippen LogP contribution is -2.23. The molecule has 0 aliphatic heterocycles. The Balaban J connectivity index is 2.26. The topological polar surface area (TPSA) is 40.7 Å². The van der Waals surface area contributed by atoms with E-state index in [-0.39, 0.29) is 0 Å². The van der Waals surface area contributed by atoms with Crippen LogP contribution >= 0.6 is 0 Å². The Kier molecular flexibility index (Phi) is 3.37. The summed E-state index contributed by atoms with van der Waals surface area (Å²) in [6.45, 7) is 2.17. The first-order valence-electron chi connectivity index (χ1n) is 5.56. The summed E-state index contributed by atoms with van der Waals surface area (Å²) >= 11 is 0. The second-order valence-corrected chi connectivity index (χ2v) is 4.03. The highest BCUT2D eigenvalue weighted by Crippen LogP contribution is 2.21. The van der Waals surface area contributed by atoms with E-state index in [4.69, 9.17) is 0 Å². The monoisotopic (exact) mass is 215 g/mol. The SMILES string of the molecule is CNC(C)Cc1cn[nH]c1-c1ccccc1. The van der Waals surface area contributed by atoms with Crippen molar-refractivity contribution < 1.29 is 0 Å². The number of aromatic amines is 1. The second-order valence-electron chi connectivity index (χ2n) is 4.03. The fourth-order valence-corrected chi connectivity index (χ4v) is 1.75. The summed E-state index contributed by atoms with van der Waals surface area (Å²) in [5.74, 6) is 0. The van der Waals surface area contributed by atoms with Crippen LogP contribution in [0.2, 0.25) is 0 Å². The van der Waals surface area contributed by atoms with Gasteiger partial charge in [-0.2, -0.15) is 5.10 Å². The van der Waals surface area contributed by atoms with Crippen molar-refractivity contribution in [3.63, 3.8) is 0 Å². The average molecular weight is 215 g/mol. The van der Waals surface area contributed by atoms with E-state index in [1.54, 1.807) is 0 Å². The van der Waals surface area contributed by atoms with Crippen molar-refractivity contribution >= 4 is 0 Å². The van der Waals surface area contributed by atoms with Gasteiger partial charge in [-0.05, 0) is 31.5 Å². The maximum absolute atomic E-state index is 4.13. The molecule has 1 unspecified atom stereocenters. The van der Waals surface area contributed by atoms with Crippen LogP contribution in [-0.4, -0.2) is 23.3 Å². The predicted octanol–water partition coefficient (Wildman–Crippen LogP) is 2.23. The van der Waals surface area contributed by atoms with Crippen molar-refractivity contribution in [2.75, 3.05) is 7.05 Å². The summed E-state index contributed by atoms with van der Waals surface area (Å²) < 4.78 is 0. The summed E-state index contributed by atoms with van der Waals surface area (Å²) in [5, 5.41) is 10.4. The Morgan fingerprint density at radius 1 is 1.31 bits per heavy atom. The van der Waals surface area contributed by atoms with Gasteiger partial charge in [-0.3, -0.25) is 5.10 Å². The number of benzene rings is 1. The first-order valence-corrected chi connectivity index (χ1v) is 5.56. The van der Waals surface area contributed by atoms with Crippen LogP contribution in [0, 0.1) is 0 Å². The van der Waals surface area contributed by atoms with Gasteiger partial charge in [-0.15, -0.1) is 0 Å². The number of hydrogen-bond donors (Lipinski definition) is 2. The minimum Gasteiger partial charge on any atom is -0.317 e. The molecule has 0 bridgehead atoms.